The molecular formula is C13H18N4S. The van der Waals surface area contributed by atoms with E-state index in [0.717, 1.165) is 30.3 Å². The van der Waals surface area contributed by atoms with Gasteiger partial charge in [-0.3, -0.25) is 0 Å². The van der Waals surface area contributed by atoms with E-state index in [1.165, 1.54) is 4.70 Å². The Balaban J connectivity index is 1.92. The van der Waals surface area contributed by atoms with Gasteiger partial charge in [0.2, 0.25) is 0 Å². The first-order valence-corrected chi connectivity index (χ1v) is 7.10. The molecule has 4 nitrogen and oxygen atoms in total. The van der Waals surface area contributed by atoms with Crippen molar-refractivity contribution in [1.82, 2.24) is 9.88 Å². The number of anilines is 1. The van der Waals surface area contributed by atoms with Crippen molar-refractivity contribution in [1.29, 1.82) is 0 Å². The molecule has 1 atom stereocenters. The number of nitrogens with two attached hydrogens (primary N) is 1. The molecular weight excluding hydrogens is 244 g/mol. The molecule has 0 saturated carbocycles. The fraction of sp³-hybridized carbons (Fsp3) is 0.462. The summed E-state index contributed by atoms with van der Waals surface area (Å²) in [5, 5.41) is 1.11. The summed E-state index contributed by atoms with van der Waals surface area (Å²) >= 11 is 1.76. The minimum atomic E-state index is 0.379. The summed E-state index contributed by atoms with van der Waals surface area (Å²) in [7, 11) is 2.15. The van der Waals surface area contributed by atoms with Gasteiger partial charge in [0.15, 0.2) is 5.13 Å². The molecule has 1 aromatic heterocycles. The lowest BCUT2D eigenvalue weighted by molar-refractivity contribution is 0.269. The summed E-state index contributed by atoms with van der Waals surface area (Å²) in [6.45, 7) is 3.79. The first kappa shape index (κ1) is 11.9. The van der Waals surface area contributed by atoms with E-state index in [1.807, 2.05) is 6.07 Å². The molecule has 0 bridgehead atoms. The Hall–Kier alpha value is -1.17. The van der Waals surface area contributed by atoms with Crippen molar-refractivity contribution in [2.45, 2.75) is 6.04 Å². The Morgan fingerprint density at radius 3 is 3.00 bits per heavy atom. The van der Waals surface area contributed by atoms with Crippen LogP contribution in [-0.4, -0.2) is 49.2 Å². The molecule has 5 heteroatoms. The Morgan fingerprint density at radius 2 is 2.22 bits per heavy atom. The number of para-hydroxylation sites is 1. The third-order valence-corrected chi connectivity index (χ3v) is 4.56. The van der Waals surface area contributed by atoms with Gasteiger partial charge in [0.1, 0.15) is 0 Å². The highest BCUT2D eigenvalue weighted by Crippen LogP contribution is 2.30. The molecule has 2 heterocycles. The van der Waals surface area contributed by atoms with Gasteiger partial charge in [-0.05, 0) is 19.2 Å². The van der Waals surface area contributed by atoms with Crippen molar-refractivity contribution in [3.8, 4) is 0 Å². The molecule has 2 N–H and O–H groups in total. The van der Waals surface area contributed by atoms with Crippen LogP contribution in [0.5, 0.6) is 0 Å². The fourth-order valence-corrected chi connectivity index (χ4v) is 3.51. The number of rotatable bonds is 2. The number of piperazine rings is 1. The molecule has 0 amide bonds. The molecule has 1 aliphatic rings. The van der Waals surface area contributed by atoms with Gasteiger partial charge < -0.3 is 15.5 Å². The van der Waals surface area contributed by atoms with Crippen LogP contribution >= 0.6 is 11.3 Å². The quantitative estimate of drug-likeness (QED) is 0.888. The third kappa shape index (κ3) is 2.09. The van der Waals surface area contributed by atoms with E-state index in [-0.39, 0.29) is 0 Å². The molecule has 2 aromatic rings. The largest absolute Gasteiger partial charge is 0.341 e. The Bertz CT molecular complexity index is 506. The predicted octanol–water partition coefficient (Wildman–Crippen LogP) is 1.38. The van der Waals surface area contributed by atoms with Crippen molar-refractivity contribution in [3.63, 3.8) is 0 Å². The van der Waals surface area contributed by atoms with E-state index in [1.54, 1.807) is 11.3 Å². The van der Waals surface area contributed by atoms with E-state index < -0.39 is 0 Å². The maximum atomic E-state index is 5.90. The molecule has 1 saturated heterocycles. The zero-order chi connectivity index (χ0) is 12.5. The Kier molecular flexibility index (Phi) is 3.20. The van der Waals surface area contributed by atoms with Crippen molar-refractivity contribution in [2.75, 3.05) is 38.1 Å². The Morgan fingerprint density at radius 1 is 1.39 bits per heavy atom. The van der Waals surface area contributed by atoms with Crippen molar-refractivity contribution < 1.29 is 0 Å². The summed E-state index contributed by atoms with van der Waals surface area (Å²) < 4.78 is 1.25. The van der Waals surface area contributed by atoms with Crippen LogP contribution in [0.25, 0.3) is 10.2 Å². The van der Waals surface area contributed by atoms with Crippen LogP contribution in [0.3, 0.4) is 0 Å². The summed E-state index contributed by atoms with van der Waals surface area (Å²) in [4.78, 5) is 9.43. The third-order valence-electron chi connectivity index (χ3n) is 3.49. The molecule has 1 fully saturated rings. The van der Waals surface area contributed by atoms with Gasteiger partial charge in [0.05, 0.1) is 16.3 Å². The first-order valence-electron chi connectivity index (χ1n) is 6.29. The number of fused-ring (bicyclic) bond motifs is 1. The van der Waals surface area contributed by atoms with Gasteiger partial charge in [-0.15, -0.1) is 0 Å². The molecule has 96 valence electrons. The van der Waals surface area contributed by atoms with Gasteiger partial charge in [0, 0.05) is 26.2 Å². The highest BCUT2D eigenvalue weighted by Gasteiger charge is 2.26. The van der Waals surface area contributed by atoms with E-state index in [0.29, 0.717) is 12.6 Å². The zero-order valence-corrected chi connectivity index (χ0v) is 11.4. The zero-order valence-electron chi connectivity index (χ0n) is 10.5. The standard InChI is InChI=1S/C13H18N4S/c1-16-6-7-17(10(8-14)9-16)13-15-11-4-2-3-5-12(11)18-13/h2-5,10H,6-9,14H2,1H3. The summed E-state index contributed by atoms with van der Waals surface area (Å²) in [5.41, 5.74) is 6.99. The van der Waals surface area contributed by atoms with E-state index >= 15 is 0 Å². The second-order valence-corrected chi connectivity index (χ2v) is 5.82. The van der Waals surface area contributed by atoms with Crippen LogP contribution < -0.4 is 10.6 Å². The second kappa shape index (κ2) is 4.84. The lowest BCUT2D eigenvalue weighted by atomic mass is 10.2. The minimum absolute atomic E-state index is 0.379. The van der Waals surface area contributed by atoms with Crippen LogP contribution in [0.1, 0.15) is 0 Å². The molecule has 1 aliphatic heterocycles. The molecule has 0 spiro atoms. The highest BCUT2D eigenvalue weighted by molar-refractivity contribution is 7.22. The second-order valence-electron chi connectivity index (χ2n) is 4.81. The maximum absolute atomic E-state index is 5.90. The summed E-state index contributed by atoms with van der Waals surface area (Å²) in [6, 6.07) is 8.68. The lowest BCUT2D eigenvalue weighted by Crippen LogP contribution is -2.55. The van der Waals surface area contributed by atoms with Crippen LogP contribution in [-0.2, 0) is 0 Å². The molecule has 0 aliphatic carbocycles. The number of aromatic nitrogens is 1. The molecule has 3 rings (SSSR count). The number of hydrogen-bond acceptors (Lipinski definition) is 5. The van der Waals surface area contributed by atoms with Crippen LogP contribution in [0.4, 0.5) is 5.13 Å². The number of nitrogens with zero attached hydrogens (tertiary/aromatic N) is 3. The molecule has 0 radical (unpaired) electrons. The smallest absolute Gasteiger partial charge is 0.186 e. The monoisotopic (exact) mass is 262 g/mol. The summed E-state index contributed by atoms with van der Waals surface area (Å²) in [5.74, 6) is 0. The van der Waals surface area contributed by atoms with Crippen LogP contribution in [0, 0.1) is 0 Å². The number of benzene rings is 1. The Labute approximate surface area is 111 Å². The van der Waals surface area contributed by atoms with Crippen molar-refractivity contribution in [3.05, 3.63) is 24.3 Å². The highest BCUT2D eigenvalue weighted by atomic mass is 32.1. The number of hydrogen-bond donors (Lipinski definition) is 1. The maximum Gasteiger partial charge on any atom is 0.186 e. The average molecular weight is 262 g/mol. The van der Waals surface area contributed by atoms with E-state index in [4.69, 9.17) is 10.7 Å². The lowest BCUT2D eigenvalue weighted by Gasteiger charge is -2.39. The predicted molar refractivity (Wildman–Crippen MR) is 77.3 cm³/mol. The normalized spacial score (nSPS) is 21.7. The van der Waals surface area contributed by atoms with Crippen LogP contribution in [0.15, 0.2) is 24.3 Å². The fourth-order valence-electron chi connectivity index (χ4n) is 2.45. The minimum Gasteiger partial charge on any atom is -0.341 e. The molecule has 18 heavy (non-hydrogen) atoms. The SMILES string of the molecule is CN1CCN(c2nc3ccccc3s2)C(CN)C1. The topological polar surface area (TPSA) is 45.4 Å². The average Bonchev–Trinajstić information content (AvgIpc) is 2.82. The van der Waals surface area contributed by atoms with Crippen molar-refractivity contribution >= 4 is 26.7 Å². The number of likely N-dealkylation sites (N-methyl/N-ethyl adjacent to an activating group) is 1. The number of thiazole rings is 1. The van der Waals surface area contributed by atoms with Gasteiger partial charge in [-0.2, -0.15) is 0 Å². The van der Waals surface area contributed by atoms with E-state index in [9.17, 15) is 0 Å². The van der Waals surface area contributed by atoms with Gasteiger partial charge in [0.25, 0.3) is 0 Å². The van der Waals surface area contributed by atoms with Crippen molar-refractivity contribution in [2.24, 2.45) is 5.73 Å². The summed E-state index contributed by atoms with van der Waals surface area (Å²) in [6.07, 6.45) is 0. The van der Waals surface area contributed by atoms with Gasteiger partial charge in [-0.25, -0.2) is 4.98 Å². The van der Waals surface area contributed by atoms with E-state index in [2.05, 4.69) is 35.0 Å². The van der Waals surface area contributed by atoms with Gasteiger partial charge >= 0.3 is 0 Å². The first-order chi connectivity index (χ1) is 8.78. The van der Waals surface area contributed by atoms with Gasteiger partial charge in [-0.1, -0.05) is 23.5 Å². The molecule has 1 aromatic carbocycles. The molecule has 1 unspecified atom stereocenters. The van der Waals surface area contributed by atoms with Crippen LogP contribution in [0.2, 0.25) is 0 Å².